The number of carbonyl (C=O) groups is 1. The molecule has 0 radical (unpaired) electrons. The fraction of sp³-hybridized carbons (Fsp3) is 0.235. The number of hydrogen-bond donors (Lipinski definition) is 1. The van der Waals surface area contributed by atoms with Gasteiger partial charge in [0, 0.05) is 17.2 Å². The number of hydrogen-bond acceptors (Lipinski definition) is 4. The zero-order valence-corrected chi connectivity index (χ0v) is 13.2. The molecule has 0 unspecified atom stereocenters. The van der Waals surface area contributed by atoms with E-state index in [0.717, 1.165) is 11.3 Å². The predicted molar refractivity (Wildman–Crippen MR) is 86.7 cm³/mol. The zero-order chi connectivity index (χ0) is 17.0. The summed E-state index contributed by atoms with van der Waals surface area (Å²) >= 11 is 0. The third-order valence-electron chi connectivity index (χ3n) is 3.71. The van der Waals surface area contributed by atoms with Gasteiger partial charge >= 0.3 is 0 Å². The van der Waals surface area contributed by atoms with Crippen molar-refractivity contribution in [3.63, 3.8) is 0 Å². The Hall–Kier alpha value is -2.89. The van der Waals surface area contributed by atoms with Crippen molar-refractivity contribution in [2.75, 3.05) is 7.11 Å². The van der Waals surface area contributed by atoms with Gasteiger partial charge < -0.3 is 10.1 Å². The van der Waals surface area contributed by atoms with Gasteiger partial charge in [0.1, 0.15) is 5.75 Å². The lowest BCUT2D eigenvalue weighted by Gasteiger charge is -2.15. The van der Waals surface area contributed by atoms with Crippen LogP contribution in [0.2, 0.25) is 0 Å². The Morgan fingerprint density at radius 1 is 1.22 bits per heavy atom. The molecular weight excluding hydrogens is 296 g/mol. The molecule has 0 aliphatic heterocycles. The molecule has 6 heteroatoms. The van der Waals surface area contributed by atoms with E-state index in [1.165, 1.54) is 12.1 Å². The van der Waals surface area contributed by atoms with Gasteiger partial charge in [0.2, 0.25) is 0 Å². The van der Waals surface area contributed by atoms with E-state index in [-0.39, 0.29) is 17.6 Å². The van der Waals surface area contributed by atoms with Crippen LogP contribution >= 0.6 is 0 Å². The lowest BCUT2D eigenvalue weighted by atomic mass is 10.0. The normalized spacial score (nSPS) is 11.6. The molecule has 0 bridgehead atoms. The molecule has 0 saturated carbocycles. The van der Waals surface area contributed by atoms with Crippen molar-refractivity contribution in [2.45, 2.75) is 19.9 Å². The Morgan fingerprint density at radius 3 is 2.43 bits per heavy atom. The topological polar surface area (TPSA) is 81.5 Å². The molecule has 6 nitrogen and oxygen atoms in total. The largest absolute Gasteiger partial charge is 0.497 e. The maximum atomic E-state index is 12.4. The second-order valence-electron chi connectivity index (χ2n) is 5.18. The van der Waals surface area contributed by atoms with Crippen LogP contribution in [0.3, 0.4) is 0 Å². The molecule has 0 aromatic heterocycles. The first-order valence-corrected chi connectivity index (χ1v) is 7.13. The van der Waals surface area contributed by atoms with Gasteiger partial charge in [0.15, 0.2) is 0 Å². The average molecular weight is 314 g/mol. The van der Waals surface area contributed by atoms with Crippen LogP contribution in [0.4, 0.5) is 5.69 Å². The van der Waals surface area contributed by atoms with Crippen molar-refractivity contribution in [2.24, 2.45) is 0 Å². The van der Waals surface area contributed by atoms with Crippen molar-refractivity contribution in [3.8, 4) is 5.75 Å². The first kappa shape index (κ1) is 16.5. The molecular formula is C17H18N2O4. The number of methoxy groups -OCH3 is 1. The maximum absolute atomic E-state index is 12.4. The molecule has 0 aliphatic carbocycles. The van der Waals surface area contributed by atoms with E-state index in [4.69, 9.17) is 4.74 Å². The number of ether oxygens (including phenoxy) is 1. The minimum atomic E-state index is -0.487. The molecule has 1 atom stereocenters. The Labute approximate surface area is 134 Å². The predicted octanol–water partition coefficient (Wildman–Crippen LogP) is 3.40. The van der Waals surface area contributed by atoms with Crippen LogP contribution in [-0.4, -0.2) is 17.9 Å². The summed E-state index contributed by atoms with van der Waals surface area (Å²) in [5.41, 5.74) is 1.52. The number of nitro groups is 1. The lowest BCUT2D eigenvalue weighted by Crippen LogP contribution is -2.27. The lowest BCUT2D eigenvalue weighted by molar-refractivity contribution is -0.385. The number of amides is 1. The Kier molecular flexibility index (Phi) is 4.95. The maximum Gasteiger partial charge on any atom is 0.273 e. The van der Waals surface area contributed by atoms with E-state index in [0.29, 0.717) is 11.1 Å². The number of carbonyl (C=O) groups excluding carboxylic acids is 1. The van der Waals surface area contributed by atoms with Gasteiger partial charge in [-0.1, -0.05) is 18.2 Å². The molecule has 1 N–H and O–H groups in total. The van der Waals surface area contributed by atoms with E-state index in [9.17, 15) is 14.9 Å². The number of nitrogens with one attached hydrogen (secondary N) is 1. The average Bonchev–Trinajstić information content (AvgIpc) is 2.54. The first-order chi connectivity index (χ1) is 10.9. The molecule has 0 saturated heterocycles. The van der Waals surface area contributed by atoms with Crippen molar-refractivity contribution in [1.82, 2.24) is 5.32 Å². The number of rotatable bonds is 5. The third-order valence-corrected chi connectivity index (χ3v) is 3.71. The Morgan fingerprint density at radius 2 is 1.87 bits per heavy atom. The van der Waals surface area contributed by atoms with Crippen LogP contribution in [0.5, 0.6) is 5.75 Å². The highest BCUT2D eigenvalue weighted by atomic mass is 16.6. The van der Waals surface area contributed by atoms with Gasteiger partial charge in [-0.2, -0.15) is 0 Å². The summed E-state index contributed by atoms with van der Waals surface area (Å²) in [6.45, 7) is 3.43. The van der Waals surface area contributed by atoms with Gasteiger partial charge in [0.05, 0.1) is 18.1 Å². The molecule has 0 spiro atoms. The SMILES string of the molecule is COc1ccc([C@H](C)NC(=O)c2cccc([N+](=O)[O-])c2C)cc1. The van der Waals surface area contributed by atoms with Crippen LogP contribution in [0, 0.1) is 17.0 Å². The summed E-state index contributed by atoms with van der Waals surface area (Å²) in [7, 11) is 1.59. The van der Waals surface area contributed by atoms with Crippen LogP contribution in [0.15, 0.2) is 42.5 Å². The molecule has 23 heavy (non-hydrogen) atoms. The summed E-state index contributed by atoms with van der Waals surface area (Å²) in [4.78, 5) is 22.9. The Bertz CT molecular complexity index is 726. The second kappa shape index (κ2) is 6.91. The van der Waals surface area contributed by atoms with Crippen molar-refractivity contribution in [1.29, 1.82) is 0 Å². The molecule has 120 valence electrons. The summed E-state index contributed by atoms with van der Waals surface area (Å²) in [6.07, 6.45) is 0. The van der Waals surface area contributed by atoms with E-state index in [1.807, 2.05) is 31.2 Å². The van der Waals surface area contributed by atoms with Crippen LogP contribution < -0.4 is 10.1 Å². The third kappa shape index (κ3) is 3.66. The fourth-order valence-electron chi connectivity index (χ4n) is 2.32. The van der Waals surface area contributed by atoms with E-state index in [2.05, 4.69) is 5.32 Å². The van der Waals surface area contributed by atoms with Crippen molar-refractivity contribution in [3.05, 3.63) is 69.3 Å². The van der Waals surface area contributed by atoms with Gasteiger partial charge in [-0.25, -0.2) is 0 Å². The van der Waals surface area contributed by atoms with Crippen LogP contribution in [0.25, 0.3) is 0 Å². The van der Waals surface area contributed by atoms with E-state index in [1.54, 1.807) is 20.1 Å². The number of nitro benzene ring substituents is 1. The summed E-state index contributed by atoms with van der Waals surface area (Å²) < 4.78 is 5.10. The smallest absolute Gasteiger partial charge is 0.273 e. The fourth-order valence-corrected chi connectivity index (χ4v) is 2.32. The summed E-state index contributed by atoms with van der Waals surface area (Å²) in [5, 5.41) is 13.8. The van der Waals surface area contributed by atoms with Crippen molar-refractivity contribution < 1.29 is 14.5 Å². The van der Waals surface area contributed by atoms with Gasteiger partial charge in [-0.3, -0.25) is 14.9 Å². The number of benzene rings is 2. The summed E-state index contributed by atoms with van der Waals surface area (Å²) in [5.74, 6) is 0.399. The van der Waals surface area contributed by atoms with Gasteiger partial charge in [-0.15, -0.1) is 0 Å². The molecule has 2 rings (SSSR count). The molecule has 0 fully saturated rings. The molecule has 2 aromatic carbocycles. The highest BCUT2D eigenvalue weighted by Crippen LogP contribution is 2.22. The summed E-state index contributed by atoms with van der Waals surface area (Å²) in [6, 6.07) is 11.6. The van der Waals surface area contributed by atoms with Gasteiger partial charge in [-0.05, 0) is 37.6 Å². The quantitative estimate of drug-likeness (QED) is 0.677. The minimum Gasteiger partial charge on any atom is -0.497 e. The van der Waals surface area contributed by atoms with E-state index < -0.39 is 4.92 Å². The van der Waals surface area contributed by atoms with E-state index >= 15 is 0 Å². The van der Waals surface area contributed by atoms with Crippen LogP contribution in [0.1, 0.15) is 34.5 Å². The second-order valence-corrected chi connectivity index (χ2v) is 5.18. The van der Waals surface area contributed by atoms with Crippen LogP contribution in [-0.2, 0) is 0 Å². The van der Waals surface area contributed by atoms with Gasteiger partial charge in [0.25, 0.3) is 11.6 Å². The first-order valence-electron chi connectivity index (χ1n) is 7.13. The standard InChI is InChI=1S/C17H18N2O4/c1-11-15(5-4-6-16(11)19(21)22)17(20)18-12(2)13-7-9-14(23-3)10-8-13/h4-10,12H,1-3H3,(H,18,20)/t12-/m0/s1. The molecule has 2 aromatic rings. The molecule has 0 aliphatic rings. The molecule has 0 heterocycles. The monoisotopic (exact) mass is 314 g/mol. The minimum absolute atomic E-state index is 0.0604. The Balaban J connectivity index is 2.18. The highest BCUT2D eigenvalue weighted by molar-refractivity contribution is 5.96. The van der Waals surface area contributed by atoms with Crippen molar-refractivity contribution >= 4 is 11.6 Å². The molecule has 1 amide bonds. The highest BCUT2D eigenvalue weighted by Gasteiger charge is 2.19. The zero-order valence-electron chi connectivity index (χ0n) is 13.2. The number of nitrogens with zero attached hydrogens (tertiary/aromatic N) is 1.